The molecule has 0 aromatic heterocycles. The van der Waals surface area contributed by atoms with Crippen molar-refractivity contribution in [3.05, 3.63) is 23.7 Å². The molecule has 1 aliphatic carbocycles. The molecule has 11 heavy (non-hydrogen) atoms. The number of Topliss-reactive ketones (excluding diaryl/α,β-unsaturated/α-hetero) is 1. The summed E-state index contributed by atoms with van der Waals surface area (Å²) in [6.45, 7) is 3.57. The van der Waals surface area contributed by atoms with Gasteiger partial charge in [-0.2, -0.15) is 0 Å². The van der Waals surface area contributed by atoms with E-state index in [9.17, 15) is 4.79 Å². The van der Waals surface area contributed by atoms with Crippen molar-refractivity contribution in [3.8, 4) is 0 Å². The third-order valence-corrected chi connectivity index (χ3v) is 1.48. The number of hydrogen-bond donors (Lipinski definition) is 2. The van der Waals surface area contributed by atoms with Crippen molar-refractivity contribution in [1.82, 2.24) is 0 Å². The predicted molar refractivity (Wildman–Crippen MR) is 40.2 cm³/mol. The fraction of sp³-hybridized carbons (Fsp3) is 0.375. The van der Waals surface area contributed by atoms with E-state index in [1.54, 1.807) is 13.8 Å². The molecule has 1 rings (SSSR count). The highest BCUT2D eigenvalue weighted by atomic mass is 16.3. The molecular weight excluding hydrogens is 144 g/mol. The van der Waals surface area contributed by atoms with Gasteiger partial charge in [0.15, 0.2) is 11.5 Å². The second kappa shape index (κ2) is 2.12. The topological polar surface area (TPSA) is 57.5 Å². The first kappa shape index (κ1) is 7.85. The highest BCUT2D eigenvalue weighted by molar-refractivity contribution is 6.05. The van der Waals surface area contributed by atoms with Crippen molar-refractivity contribution >= 4 is 5.78 Å². The van der Waals surface area contributed by atoms with Crippen LogP contribution in [0.4, 0.5) is 0 Å². The summed E-state index contributed by atoms with van der Waals surface area (Å²) >= 11 is 0. The summed E-state index contributed by atoms with van der Waals surface area (Å²) in [5.41, 5.74) is -0.442. The standard InChI is InChI=1S/C8H10O3/c1-8(2)3-5(9)7(11)6(10)4-8/h3-4,9-10H,1-2H3. The highest BCUT2D eigenvalue weighted by Gasteiger charge is 2.26. The number of aliphatic hydroxyl groups is 2. The Labute approximate surface area is 64.7 Å². The first-order valence-corrected chi connectivity index (χ1v) is 3.31. The van der Waals surface area contributed by atoms with Crippen molar-refractivity contribution in [3.63, 3.8) is 0 Å². The van der Waals surface area contributed by atoms with Crippen LogP contribution in [0.25, 0.3) is 0 Å². The van der Waals surface area contributed by atoms with Crippen LogP contribution >= 0.6 is 0 Å². The smallest absolute Gasteiger partial charge is 0.260 e. The molecule has 1 aliphatic rings. The van der Waals surface area contributed by atoms with E-state index < -0.39 is 11.2 Å². The van der Waals surface area contributed by atoms with E-state index in [1.165, 1.54) is 12.2 Å². The fourth-order valence-corrected chi connectivity index (χ4v) is 1.01. The molecule has 0 fully saturated rings. The molecule has 3 nitrogen and oxygen atoms in total. The molecule has 0 unspecified atom stereocenters. The fourth-order valence-electron chi connectivity index (χ4n) is 1.01. The molecular formula is C8H10O3. The van der Waals surface area contributed by atoms with Gasteiger partial charge in [0, 0.05) is 5.41 Å². The van der Waals surface area contributed by atoms with Crippen molar-refractivity contribution < 1.29 is 15.0 Å². The van der Waals surface area contributed by atoms with E-state index in [1.807, 2.05) is 0 Å². The van der Waals surface area contributed by atoms with Gasteiger partial charge in [-0.25, -0.2) is 0 Å². The number of carbonyl (C=O) groups excluding carboxylic acids is 1. The van der Waals surface area contributed by atoms with Gasteiger partial charge >= 0.3 is 0 Å². The number of aliphatic hydroxyl groups excluding tert-OH is 2. The molecule has 0 saturated heterocycles. The zero-order valence-electron chi connectivity index (χ0n) is 6.46. The van der Waals surface area contributed by atoms with Crippen LogP contribution in [0, 0.1) is 5.41 Å². The van der Waals surface area contributed by atoms with Gasteiger partial charge in [-0.1, -0.05) is 13.8 Å². The summed E-state index contributed by atoms with van der Waals surface area (Å²) in [4.78, 5) is 10.8. The Hall–Kier alpha value is -1.25. The number of ketones is 1. The van der Waals surface area contributed by atoms with E-state index in [4.69, 9.17) is 10.2 Å². The Morgan fingerprint density at radius 1 is 1.18 bits per heavy atom. The van der Waals surface area contributed by atoms with Gasteiger partial charge in [-0.05, 0) is 12.2 Å². The zero-order chi connectivity index (χ0) is 8.65. The first-order chi connectivity index (χ1) is 4.92. The van der Waals surface area contributed by atoms with E-state index >= 15 is 0 Å². The number of hydrogen-bond acceptors (Lipinski definition) is 3. The summed E-state index contributed by atoms with van der Waals surface area (Å²) in [5.74, 6) is -1.46. The maximum absolute atomic E-state index is 10.8. The lowest BCUT2D eigenvalue weighted by molar-refractivity contribution is -0.117. The predicted octanol–water partition coefficient (Wildman–Crippen LogP) is 1.48. The summed E-state index contributed by atoms with van der Waals surface area (Å²) in [7, 11) is 0. The molecule has 0 atom stereocenters. The highest BCUT2D eigenvalue weighted by Crippen LogP contribution is 2.27. The van der Waals surface area contributed by atoms with Crippen LogP contribution in [0.2, 0.25) is 0 Å². The van der Waals surface area contributed by atoms with Gasteiger partial charge in [-0.3, -0.25) is 4.79 Å². The van der Waals surface area contributed by atoms with E-state index in [0.717, 1.165) is 0 Å². The van der Waals surface area contributed by atoms with Crippen LogP contribution in [-0.4, -0.2) is 16.0 Å². The monoisotopic (exact) mass is 154 g/mol. The van der Waals surface area contributed by atoms with Gasteiger partial charge in [0.25, 0.3) is 5.78 Å². The lowest BCUT2D eigenvalue weighted by Gasteiger charge is -2.19. The van der Waals surface area contributed by atoms with Crippen LogP contribution in [0.3, 0.4) is 0 Å². The molecule has 60 valence electrons. The first-order valence-electron chi connectivity index (χ1n) is 3.31. The minimum Gasteiger partial charge on any atom is -0.504 e. The molecule has 0 spiro atoms. The average molecular weight is 154 g/mol. The minimum atomic E-state index is -0.704. The van der Waals surface area contributed by atoms with Gasteiger partial charge in [0.05, 0.1) is 0 Å². The molecule has 0 aromatic carbocycles. The van der Waals surface area contributed by atoms with Gasteiger partial charge in [0.1, 0.15) is 0 Å². The molecule has 3 heteroatoms. The summed E-state index contributed by atoms with van der Waals surface area (Å²) < 4.78 is 0. The quantitative estimate of drug-likeness (QED) is 0.555. The minimum absolute atomic E-state index is 0.380. The molecule has 0 aliphatic heterocycles. The van der Waals surface area contributed by atoms with Crippen LogP contribution in [0.5, 0.6) is 0 Å². The number of allylic oxidation sites excluding steroid dienone is 2. The largest absolute Gasteiger partial charge is 0.504 e. The Bertz CT molecular complexity index is 235. The third kappa shape index (κ3) is 1.42. The third-order valence-electron chi connectivity index (χ3n) is 1.48. The van der Waals surface area contributed by atoms with Crippen LogP contribution in [0.15, 0.2) is 23.7 Å². The van der Waals surface area contributed by atoms with E-state index in [2.05, 4.69) is 0 Å². The maximum atomic E-state index is 10.8. The van der Waals surface area contributed by atoms with Crippen molar-refractivity contribution in [2.24, 2.45) is 5.41 Å². The molecule has 0 aromatic rings. The van der Waals surface area contributed by atoms with Crippen LogP contribution < -0.4 is 0 Å². The van der Waals surface area contributed by atoms with Gasteiger partial charge in [0.2, 0.25) is 0 Å². The molecule has 0 radical (unpaired) electrons. The molecule has 0 amide bonds. The molecule has 0 heterocycles. The number of carbonyl (C=O) groups is 1. The molecule has 2 N–H and O–H groups in total. The normalized spacial score (nSPS) is 22.5. The van der Waals surface area contributed by atoms with Gasteiger partial charge < -0.3 is 10.2 Å². The van der Waals surface area contributed by atoms with Crippen molar-refractivity contribution in [2.45, 2.75) is 13.8 Å². The van der Waals surface area contributed by atoms with Crippen molar-refractivity contribution in [1.29, 1.82) is 0 Å². The van der Waals surface area contributed by atoms with E-state index in [0.29, 0.717) is 0 Å². The Balaban J connectivity index is 3.08. The van der Waals surface area contributed by atoms with Gasteiger partial charge in [-0.15, -0.1) is 0 Å². The average Bonchev–Trinajstić information content (AvgIpc) is 1.81. The summed E-state index contributed by atoms with van der Waals surface area (Å²) in [5, 5.41) is 18.0. The Morgan fingerprint density at radius 3 is 1.91 bits per heavy atom. The van der Waals surface area contributed by atoms with Crippen molar-refractivity contribution in [2.75, 3.05) is 0 Å². The second-order valence-electron chi connectivity index (χ2n) is 3.21. The Morgan fingerprint density at radius 2 is 1.55 bits per heavy atom. The lowest BCUT2D eigenvalue weighted by Crippen LogP contribution is -2.18. The maximum Gasteiger partial charge on any atom is 0.260 e. The van der Waals surface area contributed by atoms with Crippen LogP contribution in [0.1, 0.15) is 13.8 Å². The lowest BCUT2D eigenvalue weighted by atomic mass is 9.87. The molecule has 0 saturated carbocycles. The summed E-state index contributed by atoms with van der Waals surface area (Å²) in [6, 6.07) is 0. The van der Waals surface area contributed by atoms with E-state index in [-0.39, 0.29) is 11.5 Å². The summed E-state index contributed by atoms with van der Waals surface area (Å²) in [6.07, 6.45) is 2.82. The molecule has 0 bridgehead atoms. The zero-order valence-corrected chi connectivity index (χ0v) is 6.46. The number of rotatable bonds is 0. The van der Waals surface area contributed by atoms with Crippen LogP contribution in [-0.2, 0) is 4.79 Å². The second-order valence-corrected chi connectivity index (χ2v) is 3.21. The SMILES string of the molecule is CC1(C)C=C(O)C(=O)C(O)=C1. The Kier molecular flexibility index (Phi) is 1.51.